The molecule has 0 saturated heterocycles. The molecule has 0 spiro atoms. The lowest BCUT2D eigenvalue weighted by molar-refractivity contribution is -0.172. The van der Waals surface area contributed by atoms with Gasteiger partial charge in [0.05, 0.1) is 34.4 Å². The highest BCUT2D eigenvalue weighted by molar-refractivity contribution is 6.32. The van der Waals surface area contributed by atoms with E-state index in [2.05, 4.69) is 6.92 Å². The van der Waals surface area contributed by atoms with Crippen molar-refractivity contribution in [2.75, 3.05) is 13.2 Å². The maximum absolute atomic E-state index is 13.0. The lowest BCUT2D eigenvalue weighted by Crippen LogP contribution is -2.33. The largest absolute Gasteiger partial charge is 0.492 e. The maximum Gasteiger partial charge on any atom is 0.348 e. The van der Waals surface area contributed by atoms with E-state index in [0.29, 0.717) is 28.5 Å². The van der Waals surface area contributed by atoms with Crippen molar-refractivity contribution >= 4 is 47.1 Å². The van der Waals surface area contributed by atoms with Gasteiger partial charge in [-0.1, -0.05) is 99.6 Å². The van der Waals surface area contributed by atoms with Crippen LogP contribution >= 0.6 is 23.2 Å². The van der Waals surface area contributed by atoms with Crippen LogP contribution in [0, 0.1) is 5.92 Å². The lowest BCUT2D eigenvalue weighted by Gasteiger charge is -2.17. The van der Waals surface area contributed by atoms with Gasteiger partial charge in [-0.05, 0) is 97.0 Å². The second-order valence-electron chi connectivity index (χ2n) is 12.7. The summed E-state index contributed by atoms with van der Waals surface area (Å²) in [6, 6.07) is 24.0. The Morgan fingerprint density at radius 2 is 1.11 bits per heavy atom. The molecule has 0 saturated carbocycles. The Kier molecular flexibility index (Phi) is 15.3. The van der Waals surface area contributed by atoms with Crippen molar-refractivity contribution in [1.82, 2.24) is 0 Å². The summed E-state index contributed by atoms with van der Waals surface area (Å²) in [4.78, 5) is 50.2. The molecule has 9 nitrogen and oxygen atoms in total. The molecule has 11 heteroatoms. The molecule has 0 N–H and O–H groups in total. The van der Waals surface area contributed by atoms with Crippen LogP contribution in [0.15, 0.2) is 84.9 Å². The minimum Gasteiger partial charge on any atom is -0.492 e. The van der Waals surface area contributed by atoms with Crippen LogP contribution < -0.4 is 9.47 Å². The number of carbonyl (C=O) groups excluding carboxylic acids is 4. The van der Waals surface area contributed by atoms with E-state index < -0.39 is 36.1 Å². The number of rotatable bonds is 17. The summed E-state index contributed by atoms with van der Waals surface area (Å²) in [7, 11) is 0. The van der Waals surface area contributed by atoms with E-state index in [1.165, 1.54) is 13.8 Å². The Labute approximate surface area is 320 Å². The van der Waals surface area contributed by atoms with Gasteiger partial charge < -0.3 is 23.7 Å². The second kappa shape index (κ2) is 19.8. The Hall–Kier alpha value is -4.86. The van der Waals surface area contributed by atoms with Crippen LogP contribution in [0.5, 0.6) is 11.5 Å². The summed E-state index contributed by atoms with van der Waals surface area (Å²) in [5, 5.41) is 0.737. The van der Waals surface area contributed by atoms with Gasteiger partial charge in [0.15, 0.2) is 12.2 Å². The molecular formula is C42H44Cl2O9. The van der Waals surface area contributed by atoms with E-state index in [9.17, 15) is 19.2 Å². The Morgan fingerprint density at radius 1 is 0.604 bits per heavy atom. The minimum absolute atomic E-state index is 0.183. The van der Waals surface area contributed by atoms with Crippen molar-refractivity contribution in [3.8, 4) is 33.8 Å². The molecule has 4 rings (SSSR count). The molecule has 4 aromatic rings. The van der Waals surface area contributed by atoms with Crippen molar-refractivity contribution < 1.29 is 42.9 Å². The van der Waals surface area contributed by atoms with Crippen molar-refractivity contribution in [1.29, 1.82) is 0 Å². The van der Waals surface area contributed by atoms with Gasteiger partial charge in [-0.2, -0.15) is 0 Å². The molecule has 0 aliphatic heterocycles. The highest BCUT2D eigenvalue weighted by atomic mass is 35.5. The third kappa shape index (κ3) is 11.8. The van der Waals surface area contributed by atoms with Crippen LogP contribution in [0.4, 0.5) is 0 Å². The fourth-order valence-electron chi connectivity index (χ4n) is 4.91. The number of hydrogen-bond acceptors (Lipinski definition) is 9. The molecule has 0 radical (unpaired) electrons. The van der Waals surface area contributed by atoms with Gasteiger partial charge in [-0.15, -0.1) is 0 Å². The Bertz CT molecular complexity index is 1870. The van der Waals surface area contributed by atoms with Gasteiger partial charge in [0.1, 0.15) is 11.5 Å². The predicted octanol–water partition coefficient (Wildman–Crippen LogP) is 10.2. The number of halogens is 2. The number of hydrogen-bond donors (Lipinski definition) is 0. The fraction of sp³-hybridized carbons (Fsp3) is 0.333. The summed E-state index contributed by atoms with van der Waals surface area (Å²) >= 11 is 13.0. The standard InChI is InChI=1S/C42H44Cl2O9/c1-6-8-9-22-49-37-20-18-33(23-35(37)43)29-12-16-32(17-13-29)42(48)53-38-21-19-34(24-36(38)44)30-10-14-31(15-11-30)41(47)52-28(5)40(46)51-27(4)39(45)50-25-26(3)7-2/h10-21,23-24,26-28H,6-9,22,25H2,1-5H3. The first kappa shape index (κ1) is 40.9. The fourth-order valence-corrected chi connectivity index (χ4v) is 5.36. The average Bonchev–Trinajstić information content (AvgIpc) is 3.16. The molecule has 4 aromatic carbocycles. The van der Waals surface area contributed by atoms with Gasteiger partial charge in [0.2, 0.25) is 0 Å². The number of unbranched alkanes of at least 4 members (excludes halogenated alkanes) is 2. The highest BCUT2D eigenvalue weighted by Gasteiger charge is 2.26. The minimum atomic E-state index is -1.25. The van der Waals surface area contributed by atoms with Gasteiger partial charge in [0, 0.05) is 0 Å². The van der Waals surface area contributed by atoms with E-state index in [1.54, 1.807) is 54.6 Å². The van der Waals surface area contributed by atoms with E-state index in [0.717, 1.165) is 42.4 Å². The van der Waals surface area contributed by atoms with Crippen LogP contribution in [-0.2, 0) is 23.8 Å². The molecule has 3 unspecified atom stereocenters. The molecule has 0 heterocycles. The van der Waals surface area contributed by atoms with Gasteiger partial charge in [0.25, 0.3) is 0 Å². The molecule has 280 valence electrons. The normalized spacial score (nSPS) is 12.6. The SMILES string of the molecule is CCCCCOc1ccc(-c2ccc(C(=O)Oc3ccc(-c4ccc(C(=O)OC(C)C(=O)OC(C)C(=O)OCC(C)CC)cc4)cc3Cl)cc2)cc1Cl. The van der Waals surface area contributed by atoms with Crippen molar-refractivity contribution in [2.45, 2.75) is 72.5 Å². The molecule has 0 aromatic heterocycles. The highest BCUT2D eigenvalue weighted by Crippen LogP contribution is 2.33. The lowest BCUT2D eigenvalue weighted by atomic mass is 10.0. The van der Waals surface area contributed by atoms with Gasteiger partial charge >= 0.3 is 23.9 Å². The summed E-state index contributed by atoms with van der Waals surface area (Å²) in [5.41, 5.74) is 3.74. The van der Waals surface area contributed by atoms with Crippen LogP contribution in [0.1, 0.15) is 81.0 Å². The zero-order valence-corrected chi connectivity index (χ0v) is 32.0. The first-order chi connectivity index (χ1) is 25.4. The monoisotopic (exact) mass is 762 g/mol. The van der Waals surface area contributed by atoms with E-state index >= 15 is 0 Å². The quantitative estimate of drug-likeness (QED) is 0.0449. The maximum atomic E-state index is 13.0. The molecule has 3 atom stereocenters. The number of ether oxygens (including phenoxy) is 5. The smallest absolute Gasteiger partial charge is 0.348 e. The van der Waals surface area contributed by atoms with Crippen LogP contribution in [0.3, 0.4) is 0 Å². The molecule has 0 fully saturated rings. The van der Waals surface area contributed by atoms with E-state index in [1.807, 2.05) is 44.2 Å². The third-order valence-corrected chi connectivity index (χ3v) is 9.02. The summed E-state index contributed by atoms with van der Waals surface area (Å²) in [6.07, 6.45) is 1.63. The number of carbonyl (C=O) groups is 4. The van der Waals surface area contributed by atoms with Gasteiger partial charge in [-0.3, -0.25) is 0 Å². The second-order valence-corrected chi connectivity index (χ2v) is 13.5. The van der Waals surface area contributed by atoms with Crippen molar-refractivity contribution in [3.05, 3.63) is 106 Å². The topological polar surface area (TPSA) is 114 Å². The van der Waals surface area contributed by atoms with E-state index in [-0.39, 0.29) is 28.9 Å². The molecule has 0 bridgehead atoms. The molecule has 0 aliphatic carbocycles. The van der Waals surface area contributed by atoms with Crippen molar-refractivity contribution in [3.63, 3.8) is 0 Å². The number of benzene rings is 4. The first-order valence-corrected chi connectivity index (χ1v) is 18.4. The predicted molar refractivity (Wildman–Crippen MR) is 205 cm³/mol. The zero-order chi connectivity index (χ0) is 38.5. The number of esters is 4. The summed E-state index contributed by atoms with van der Waals surface area (Å²) in [6.45, 7) is 9.65. The average molecular weight is 764 g/mol. The van der Waals surface area contributed by atoms with Crippen molar-refractivity contribution in [2.24, 2.45) is 5.92 Å². The Balaban J connectivity index is 1.30. The van der Waals surface area contributed by atoms with Gasteiger partial charge in [-0.25, -0.2) is 19.2 Å². The summed E-state index contributed by atoms with van der Waals surface area (Å²) < 4.78 is 26.9. The molecule has 0 amide bonds. The van der Waals surface area contributed by atoms with Crippen LogP contribution in [0.25, 0.3) is 22.3 Å². The van der Waals surface area contributed by atoms with Crippen LogP contribution in [0.2, 0.25) is 10.0 Å². The molecular weight excluding hydrogens is 719 g/mol. The van der Waals surface area contributed by atoms with E-state index in [4.69, 9.17) is 46.9 Å². The first-order valence-electron chi connectivity index (χ1n) is 17.6. The summed E-state index contributed by atoms with van der Waals surface area (Å²) in [5.74, 6) is -1.85. The third-order valence-electron chi connectivity index (χ3n) is 8.43. The van der Waals surface area contributed by atoms with Crippen LogP contribution in [-0.4, -0.2) is 49.3 Å². The Morgan fingerprint density at radius 3 is 1.64 bits per heavy atom. The molecule has 0 aliphatic rings. The zero-order valence-electron chi connectivity index (χ0n) is 30.5. The molecule has 53 heavy (non-hydrogen) atoms.